The van der Waals surface area contributed by atoms with E-state index in [2.05, 4.69) is 5.32 Å². The summed E-state index contributed by atoms with van der Waals surface area (Å²) in [5, 5.41) is 8.27. The molecule has 0 heterocycles. The van der Waals surface area contributed by atoms with Crippen LogP contribution in [0.3, 0.4) is 0 Å². The number of nitrogens with two attached hydrogens (primary N) is 1. The maximum Gasteiger partial charge on any atom is 0.251 e. The molecule has 2 aromatic rings. The van der Waals surface area contributed by atoms with Crippen molar-refractivity contribution in [3.8, 4) is 0 Å². The van der Waals surface area contributed by atoms with Crippen LogP contribution in [-0.2, 0) is 16.4 Å². The minimum atomic E-state index is -3.77. The molecule has 0 aliphatic carbocycles. The molecule has 0 radical (unpaired) electrons. The normalized spacial score (nSPS) is 11.4. The monoisotopic (exact) mass is 360 g/mol. The molecule has 1 amide bonds. The summed E-state index contributed by atoms with van der Waals surface area (Å²) in [7, 11) is -3.77. The van der Waals surface area contributed by atoms with Gasteiger partial charge in [-0.05, 0) is 74.1 Å². The summed E-state index contributed by atoms with van der Waals surface area (Å²) in [6, 6.07) is 9.04. The van der Waals surface area contributed by atoms with Gasteiger partial charge in [0.2, 0.25) is 10.0 Å². The lowest BCUT2D eigenvalue weighted by molar-refractivity contribution is 0.0954. The third-order valence-electron chi connectivity index (χ3n) is 4.69. The molecule has 0 bridgehead atoms. The molecule has 134 valence electrons. The average Bonchev–Trinajstić information content (AvgIpc) is 2.55. The molecule has 0 aliphatic heterocycles. The van der Waals surface area contributed by atoms with Crippen LogP contribution in [0.2, 0.25) is 0 Å². The third-order valence-corrected chi connectivity index (χ3v) is 5.87. The number of amides is 1. The first kappa shape index (κ1) is 19.1. The smallest absolute Gasteiger partial charge is 0.251 e. The first-order valence-electron chi connectivity index (χ1n) is 8.10. The molecular formula is C19H24N2O3S. The number of carbonyl (C=O) groups excluding carboxylic acids is 1. The van der Waals surface area contributed by atoms with Gasteiger partial charge in [-0.2, -0.15) is 0 Å². The summed E-state index contributed by atoms with van der Waals surface area (Å²) < 4.78 is 23.7. The number of nitrogens with one attached hydrogen (secondary N) is 1. The second-order valence-electron chi connectivity index (χ2n) is 6.22. The summed E-state index contributed by atoms with van der Waals surface area (Å²) in [5.74, 6) is -0.120. The van der Waals surface area contributed by atoms with E-state index in [-0.39, 0.29) is 10.8 Å². The van der Waals surface area contributed by atoms with Crippen molar-refractivity contribution in [1.29, 1.82) is 0 Å². The van der Waals surface area contributed by atoms with Crippen molar-refractivity contribution < 1.29 is 13.2 Å². The second-order valence-corrected chi connectivity index (χ2v) is 7.72. The molecule has 3 N–H and O–H groups in total. The van der Waals surface area contributed by atoms with E-state index in [1.54, 1.807) is 26.0 Å². The van der Waals surface area contributed by atoms with Gasteiger partial charge in [0, 0.05) is 12.1 Å². The van der Waals surface area contributed by atoms with Gasteiger partial charge in [-0.1, -0.05) is 18.2 Å². The molecule has 25 heavy (non-hydrogen) atoms. The van der Waals surface area contributed by atoms with Crippen molar-refractivity contribution in [3.63, 3.8) is 0 Å². The molecule has 0 spiro atoms. The quantitative estimate of drug-likeness (QED) is 0.859. The SMILES string of the molecule is Cc1c(C)c(S(N)(=O)=O)c(C)c(C)c1CCNC(=O)c1ccccc1. The van der Waals surface area contributed by atoms with Crippen molar-refractivity contribution in [2.75, 3.05) is 6.54 Å². The fourth-order valence-electron chi connectivity index (χ4n) is 3.15. The Balaban J connectivity index is 2.22. The Morgan fingerprint density at radius 1 is 0.960 bits per heavy atom. The van der Waals surface area contributed by atoms with E-state index in [1.807, 2.05) is 32.0 Å². The number of rotatable bonds is 5. The number of benzene rings is 2. The first-order valence-corrected chi connectivity index (χ1v) is 9.64. The Labute approximate surface area is 149 Å². The Bertz CT molecular complexity index is 875. The summed E-state index contributed by atoms with van der Waals surface area (Å²) in [5.41, 5.74) is 4.83. The number of primary sulfonamides is 1. The lowest BCUT2D eigenvalue weighted by atomic mass is 9.92. The standard InChI is InChI=1S/C19H24N2O3S/c1-12-14(3)18(25(20,23)24)15(4)13(2)17(12)10-11-21-19(22)16-8-6-5-7-9-16/h5-9H,10-11H2,1-4H3,(H,21,22)(H2,20,23,24). The van der Waals surface area contributed by atoms with E-state index in [0.717, 1.165) is 16.7 Å². The van der Waals surface area contributed by atoms with Gasteiger partial charge >= 0.3 is 0 Å². The Morgan fingerprint density at radius 2 is 1.48 bits per heavy atom. The summed E-state index contributed by atoms with van der Waals surface area (Å²) in [4.78, 5) is 12.3. The van der Waals surface area contributed by atoms with Gasteiger partial charge in [0.05, 0.1) is 4.90 Å². The van der Waals surface area contributed by atoms with Gasteiger partial charge in [0.15, 0.2) is 0 Å². The number of hydrogen-bond donors (Lipinski definition) is 2. The number of sulfonamides is 1. The Hall–Kier alpha value is -2.18. The summed E-state index contributed by atoms with van der Waals surface area (Å²) >= 11 is 0. The van der Waals surface area contributed by atoms with Crippen molar-refractivity contribution >= 4 is 15.9 Å². The van der Waals surface area contributed by atoms with Gasteiger partial charge < -0.3 is 5.32 Å². The minimum absolute atomic E-state index is 0.120. The fraction of sp³-hybridized carbons (Fsp3) is 0.316. The van der Waals surface area contributed by atoms with Crippen molar-refractivity contribution in [2.45, 2.75) is 39.0 Å². The van der Waals surface area contributed by atoms with Crippen LogP contribution in [0, 0.1) is 27.7 Å². The van der Waals surface area contributed by atoms with Crippen molar-refractivity contribution in [2.24, 2.45) is 5.14 Å². The van der Waals surface area contributed by atoms with E-state index in [0.29, 0.717) is 29.7 Å². The fourth-order valence-corrected chi connectivity index (χ4v) is 4.31. The molecule has 5 nitrogen and oxygen atoms in total. The molecule has 0 saturated carbocycles. The molecule has 0 aliphatic rings. The minimum Gasteiger partial charge on any atom is -0.352 e. The molecule has 0 atom stereocenters. The Morgan fingerprint density at radius 3 is 1.96 bits per heavy atom. The van der Waals surface area contributed by atoms with Crippen LogP contribution < -0.4 is 10.5 Å². The highest BCUT2D eigenvalue weighted by molar-refractivity contribution is 7.89. The number of hydrogen-bond acceptors (Lipinski definition) is 3. The highest BCUT2D eigenvalue weighted by Gasteiger charge is 2.21. The third kappa shape index (κ3) is 4.08. The molecule has 0 fully saturated rings. The Kier molecular flexibility index (Phi) is 5.65. The van der Waals surface area contributed by atoms with Crippen LogP contribution in [0.5, 0.6) is 0 Å². The topological polar surface area (TPSA) is 89.3 Å². The predicted molar refractivity (Wildman–Crippen MR) is 99.2 cm³/mol. The molecule has 2 aromatic carbocycles. The highest BCUT2D eigenvalue weighted by Crippen LogP contribution is 2.29. The van der Waals surface area contributed by atoms with E-state index >= 15 is 0 Å². The zero-order chi connectivity index (χ0) is 18.8. The predicted octanol–water partition coefficient (Wildman–Crippen LogP) is 2.54. The van der Waals surface area contributed by atoms with E-state index in [9.17, 15) is 13.2 Å². The molecule has 0 aromatic heterocycles. The molecule has 2 rings (SSSR count). The molecular weight excluding hydrogens is 336 g/mol. The maximum atomic E-state index is 12.1. The molecule has 0 saturated heterocycles. The first-order chi connectivity index (χ1) is 11.6. The van der Waals surface area contributed by atoms with Crippen LogP contribution in [0.4, 0.5) is 0 Å². The summed E-state index contributed by atoms with van der Waals surface area (Å²) in [6.07, 6.45) is 0.628. The van der Waals surface area contributed by atoms with Crippen LogP contribution >= 0.6 is 0 Å². The highest BCUT2D eigenvalue weighted by atomic mass is 32.2. The van der Waals surface area contributed by atoms with Crippen LogP contribution in [-0.4, -0.2) is 20.9 Å². The van der Waals surface area contributed by atoms with Crippen LogP contribution in [0.25, 0.3) is 0 Å². The van der Waals surface area contributed by atoms with Crippen LogP contribution in [0.1, 0.15) is 38.2 Å². The lowest BCUT2D eigenvalue weighted by Crippen LogP contribution is -2.26. The van der Waals surface area contributed by atoms with Gasteiger partial charge in [0.25, 0.3) is 5.91 Å². The van der Waals surface area contributed by atoms with Crippen molar-refractivity contribution in [3.05, 3.63) is 63.7 Å². The van der Waals surface area contributed by atoms with Gasteiger partial charge in [-0.3, -0.25) is 4.79 Å². The van der Waals surface area contributed by atoms with Crippen molar-refractivity contribution in [1.82, 2.24) is 5.32 Å². The van der Waals surface area contributed by atoms with Crippen LogP contribution in [0.15, 0.2) is 35.2 Å². The van der Waals surface area contributed by atoms with E-state index in [4.69, 9.17) is 5.14 Å². The summed E-state index contributed by atoms with van der Waals surface area (Å²) in [6.45, 7) is 7.81. The average molecular weight is 360 g/mol. The van der Waals surface area contributed by atoms with E-state index in [1.165, 1.54) is 0 Å². The van der Waals surface area contributed by atoms with Gasteiger partial charge in [0.1, 0.15) is 0 Å². The van der Waals surface area contributed by atoms with Gasteiger partial charge in [-0.25, -0.2) is 13.6 Å². The molecule has 0 unspecified atom stereocenters. The molecule has 6 heteroatoms. The second kappa shape index (κ2) is 7.37. The zero-order valence-electron chi connectivity index (χ0n) is 15.0. The van der Waals surface area contributed by atoms with E-state index < -0.39 is 10.0 Å². The lowest BCUT2D eigenvalue weighted by Gasteiger charge is -2.19. The number of carbonyl (C=O) groups is 1. The zero-order valence-corrected chi connectivity index (χ0v) is 15.8. The van der Waals surface area contributed by atoms with Gasteiger partial charge in [-0.15, -0.1) is 0 Å². The maximum absolute atomic E-state index is 12.1. The largest absolute Gasteiger partial charge is 0.352 e.